The zero-order valence-corrected chi connectivity index (χ0v) is 8.00. The Bertz CT molecular complexity index is 439. The first-order valence-electron chi connectivity index (χ1n) is 3.59. The Kier molecular flexibility index (Phi) is 2.03. The number of pyridine rings is 1. The maximum Gasteiger partial charge on any atom is 0.265 e. The summed E-state index contributed by atoms with van der Waals surface area (Å²) in [6, 6.07) is 3.00. The number of hydrogen-bond acceptors (Lipinski definition) is 1. The molecule has 0 aromatic carbocycles. The molecule has 0 amide bonds. The molecule has 0 bridgehead atoms. The summed E-state index contributed by atoms with van der Waals surface area (Å²) in [4.78, 5) is 0. The van der Waals surface area contributed by atoms with Crippen LogP contribution in [0.2, 0.25) is 0 Å². The predicted octanol–water partition coefficient (Wildman–Crippen LogP) is 3.03. The van der Waals surface area contributed by atoms with E-state index >= 15 is 0 Å². The van der Waals surface area contributed by atoms with Crippen LogP contribution < -0.4 is 0 Å². The van der Waals surface area contributed by atoms with Gasteiger partial charge in [0.1, 0.15) is 0 Å². The summed E-state index contributed by atoms with van der Waals surface area (Å²) in [7, 11) is 0. The molecule has 0 aliphatic rings. The third-order valence-corrected chi connectivity index (χ3v) is 2.35. The molecule has 0 atom stereocenters. The van der Waals surface area contributed by atoms with Crippen molar-refractivity contribution in [1.29, 1.82) is 0 Å². The van der Waals surface area contributed by atoms with Gasteiger partial charge < -0.3 is 0 Å². The Morgan fingerprint density at radius 3 is 2.85 bits per heavy atom. The van der Waals surface area contributed by atoms with Gasteiger partial charge in [-0.25, -0.2) is 13.3 Å². The molecule has 2 rings (SSSR count). The van der Waals surface area contributed by atoms with E-state index in [1.54, 1.807) is 12.3 Å². The Balaban J connectivity index is 2.63. The molecule has 0 unspecified atom stereocenters. The normalized spacial score (nSPS) is 11.4. The van der Waals surface area contributed by atoms with Gasteiger partial charge in [0.15, 0.2) is 0 Å². The minimum atomic E-state index is -2.45. The zero-order chi connectivity index (χ0) is 9.42. The number of rotatable bonds is 1. The molecule has 0 saturated carbocycles. The van der Waals surface area contributed by atoms with E-state index < -0.39 is 6.43 Å². The minimum absolute atomic E-state index is 0.0249. The monoisotopic (exact) mass is 246 g/mol. The Labute approximate surface area is 81.3 Å². The molecule has 2 aromatic rings. The van der Waals surface area contributed by atoms with Crippen molar-refractivity contribution in [2.45, 2.75) is 6.43 Å². The number of nitrogens with zero attached hydrogens (tertiary/aromatic N) is 2. The standard InChI is InChI=1S/C8H5BrF2N2/c9-6-3-12-13-4-5(8(10)11)1-2-7(6)13/h1-4,8H. The van der Waals surface area contributed by atoms with Gasteiger partial charge in [-0.15, -0.1) is 0 Å². The Morgan fingerprint density at radius 1 is 1.38 bits per heavy atom. The van der Waals surface area contributed by atoms with Crippen LogP contribution in [0.1, 0.15) is 12.0 Å². The Morgan fingerprint density at radius 2 is 2.15 bits per heavy atom. The van der Waals surface area contributed by atoms with Crippen molar-refractivity contribution in [3.8, 4) is 0 Å². The lowest BCUT2D eigenvalue weighted by atomic mass is 10.3. The fourth-order valence-electron chi connectivity index (χ4n) is 1.10. The van der Waals surface area contributed by atoms with Crippen LogP contribution in [0.15, 0.2) is 29.0 Å². The highest BCUT2D eigenvalue weighted by molar-refractivity contribution is 9.10. The van der Waals surface area contributed by atoms with Crippen molar-refractivity contribution in [2.24, 2.45) is 0 Å². The van der Waals surface area contributed by atoms with E-state index in [9.17, 15) is 8.78 Å². The van der Waals surface area contributed by atoms with E-state index in [1.807, 2.05) is 0 Å². The highest BCUT2D eigenvalue weighted by Crippen LogP contribution is 2.22. The second kappa shape index (κ2) is 3.06. The lowest BCUT2D eigenvalue weighted by Crippen LogP contribution is -1.91. The van der Waals surface area contributed by atoms with Gasteiger partial charge >= 0.3 is 0 Å². The molecule has 0 saturated heterocycles. The summed E-state index contributed by atoms with van der Waals surface area (Å²) < 4.78 is 26.7. The van der Waals surface area contributed by atoms with Gasteiger partial charge in [-0.1, -0.05) is 0 Å². The van der Waals surface area contributed by atoms with Crippen molar-refractivity contribution in [3.05, 3.63) is 34.6 Å². The van der Waals surface area contributed by atoms with Crippen LogP contribution >= 0.6 is 15.9 Å². The maximum atomic E-state index is 12.2. The summed E-state index contributed by atoms with van der Waals surface area (Å²) in [5, 5.41) is 3.90. The number of hydrogen-bond donors (Lipinski definition) is 0. The summed E-state index contributed by atoms with van der Waals surface area (Å²) in [6.07, 6.45) is 0.447. The summed E-state index contributed by atoms with van der Waals surface area (Å²) in [5.41, 5.74) is 0.757. The number of halogens is 3. The van der Waals surface area contributed by atoms with Crippen molar-refractivity contribution in [2.75, 3.05) is 0 Å². The van der Waals surface area contributed by atoms with Crippen LogP contribution in [0.4, 0.5) is 8.78 Å². The van der Waals surface area contributed by atoms with Gasteiger partial charge in [-0.2, -0.15) is 5.10 Å². The van der Waals surface area contributed by atoms with Crippen molar-refractivity contribution < 1.29 is 8.78 Å². The van der Waals surface area contributed by atoms with Gasteiger partial charge in [0.25, 0.3) is 6.43 Å². The first-order chi connectivity index (χ1) is 6.18. The largest absolute Gasteiger partial charge is 0.265 e. The first kappa shape index (κ1) is 8.62. The van der Waals surface area contributed by atoms with Gasteiger partial charge in [-0.3, -0.25) is 0 Å². The molecule has 0 aliphatic carbocycles. The number of aromatic nitrogens is 2. The molecule has 2 nitrogen and oxygen atoms in total. The summed E-state index contributed by atoms with van der Waals surface area (Å²) >= 11 is 3.26. The van der Waals surface area contributed by atoms with Gasteiger partial charge in [0, 0.05) is 11.8 Å². The molecular formula is C8H5BrF2N2. The average Bonchev–Trinajstić information content (AvgIpc) is 2.47. The van der Waals surface area contributed by atoms with Crippen LogP contribution in [0.25, 0.3) is 5.52 Å². The minimum Gasteiger partial charge on any atom is -0.239 e. The van der Waals surface area contributed by atoms with Crippen LogP contribution in [0.3, 0.4) is 0 Å². The van der Waals surface area contributed by atoms with E-state index in [1.165, 1.54) is 16.8 Å². The third-order valence-electron chi connectivity index (χ3n) is 1.74. The highest BCUT2D eigenvalue weighted by atomic mass is 79.9. The quantitative estimate of drug-likeness (QED) is 0.757. The predicted molar refractivity (Wildman–Crippen MR) is 47.8 cm³/mol. The smallest absolute Gasteiger partial charge is 0.239 e. The van der Waals surface area contributed by atoms with Gasteiger partial charge in [-0.05, 0) is 28.1 Å². The molecule has 2 heterocycles. The molecule has 5 heteroatoms. The Hall–Kier alpha value is -0.970. The summed E-state index contributed by atoms with van der Waals surface area (Å²) in [6.45, 7) is 0. The molecule has 68 valence electrons. The SMILES string of the molecule is FC(F)c1ccc2c(Br)cnn2c1. The lowest BCUT2D eigenvalue weighted by Gasteiger charge is -1.99. The maximum absolute atomic E-state index is 12.2. The van der Waals surface area contributed by atoms with Crippen molar-refractivity contribution in [1.82, 2.24) is 9.61 Å². The van der Waals surface area contributed by atoms with Crippen LogP contribution in [-0.4, -0.2) is 9.61 Å². The van der Waals surface area contributed by atoms with E-state index in [0.29, 0.717) is 0 Å². The molecule has 0 spiro atoms. The average molecular weight is 247 g/mol. The van der Waals surface area contributed by atoms with Gasteiger partial charge in [0.2, 0.25) is 0 Å². The number of alkyl halides is 2. The molecule has 0 N–H and O–H groups in total. The van der Waals surface area contributed by atoms with E-state index in [-0.39, 0.29) is 5.56 Å². The second-order valence-electron chi connectivity index (χ2n) is 2.59. The fourth-order valence-corrected chi connectivity index (χ4v) is 1.50. The van der Waals surface area contributed by atoms with Crippen LogP contribution in [-0.2, 0) is 0 Å². The molecule has 0 radical (unpaired) electrons. The summed E-state index contributed by atoms with van der Waals surface area (Å²) in [5.74, 6) is 0. The first-order valence-corrected chi connectivity index (χ1v) is 4.39. The highest BCUT2D eigenvalue weighted by Gasteiger charge is 2.08. The lowest BCUT2D eigenvalue weighted by molar-refractivity contribution is 0.150. The second-order valence-corrected chi connectivity index (χ2v) is 3.44. The van der Waals surface area contributed by atoms with E-state index in [0.717, 1.165) is 9.99 Å². The zero-order valence-electron chi connectivity index (χ0n) is 6.42. The molecule has 13 heavy (non-hydrogen) atoms. The molecule has 0 fully saturated rings. The van der Waals surface area contributed by atoms with Crippen LogP contribution in [0, 0.1) is 0 Å². The van der Waals surface area contributed by atoms with Gasteiger partial charge in [0.05, 0.1) is 16.2 Å². The third kappa shape index (κ3) is 1.44. The number of fused-ring (bicyclic) bond motifs is 1. The van der Waals surface area contributed by atoms with E-state index in [2.05, 4.69) is 21.0 Å². The van der Waals surface area contributed by atoms with Crippen LogP contribution in [0.5, 0.6) is 0 Å². The topological polar surface area (TPSA) is 17.3 Å². The van der Waals surface area contributed by atoms with Crippen molar-refractivity contribution >= 4 is 21.4 Å². The molecular weight excluding hydrogens is 242 g/mol. The molecule has 0 aliphatic heterocycles. The fraction of sp³-hybridized carbons (Fsp3) is 0.125. The van der Waals surface area contributed by atoms with E-state index in [4.69, 9.17) is 0 Å². The molecule has 2 aromatic heterocycles. The van der Waals surface area contributed by atoms with Crippen molar-refractivity contribution in [3.63, 3.8) is 0 Å².